The Balaban J connectivity index is 1.37. The summed E-state index contributed by atoms with van der Waals surface area (Å²) in [5, 5.41) is 11.9. The van der Waals surface area contributed by atoms with E-state index in [1.807, 2.05) is 25.3 Å². The number of aryl methyl sites for hydroxylation is 2. The van der Waals surface area contributed by atoms with Crippen molar-refractivity contribution >= 4 is 11.7 Å². The summed E-state index contributed by atoms with van der Waals surface area (Å²) in [4.78, 5) is 19.3. The van der Waals surface area contributed by atoms with E-state index in [1.165, 1.54) is 24.8 Å². The van der Waals surface area contributed by atoms with Crippen LogP contribution < -0.4 is 15.0 Å². The van der Waals surface area contributed by atoms with Crippen LogP contribution in [0.3, 0.4) is 0 Å². The molecule has 1 aliphatic rings. The number of rotatable bonds is 10. The Hall–Kier alpha value is -2.60. The highest BCUT2D eigenvalue weighted by Crippen LogP contribution is 2.25. The maximum Gasteiger partial charge on any atom is 0.251 e. The number of hydrogen-bond acceptors (Lipinski definition) is 5. The number of aliphatic hydroxyl groups is 1. The van der Waals surface area contributed by atoms with Crippen LogP contribution in [0.4, 0.5) is 5.82 Å². The number of ether oxygens (including phenoxy) is 1. The van der Waals surface area contributed by atoms with Crippen LogP contribution in [0.2, 0.25) is 0 Å². The third kappa shape index (κ3) is 6.70. The predicted molar refractivity (Wildman–Crippen MR) is 128 cm³/mol. The molecule has 1 aromatic heterocycles. The van der Waals surface area contributed by atoms with Crippen molar-refractivity contribution in [3.8, 4) is 5.75 Å². The molecule has 2 N–H and O–H groups in total. The summed E-state index contributed by atoms with van der Waals surface area (Å²) < 4.78 is 5.94. The molecule has 2 heterocycles. The van der Waals surface area contributed by atoms with E-state index in [-0.39, 0.29) is 18.6 Å². The molecule has 3 rings (SSSR count). The van der Waals surface area contributed by atoms with Gasteiger partial charge in [0.15, 0.2) is 0 Å². The Bertz CT molecular complexity index is 861. The number of pyridine rings is 1. The normalized spacial score (nSPS) is 15.4. The molecule has 6 heteroatoms. The average molecular weight is 440 g/mol. The summed E-state index contributed by atoms with van der Waals surface area (Å²) in [5.74, 6) is 2.47. The maximum absolute atomic E-state index is 12.3. The third-order valence-corrected chi connectivity index (χ3v) is 6.28. The van der Waals surface area contributed by atoms with Crippen molar-refractivity contribution in [1.82, 2.24) is 10.3 Å². The fourth-order valence-electron chi connectivity index (χ4n) is 4.15. The van der Waals surface area contributed by atoms with E-state index in [4.69, 9.17) is 9.84 Å². The van der Waals surface area contributed by atoms with Crippen LogP contribution in [0.15, 0.2) is 36.5 Å². The number of amides is 1. The monoisotopic (exact) mass is 439 g/mol. The van der Waals surface area contributed by atoms with Gasteiger partial charge in [0.1, 0.15) is 11.6 Å². The summed E-state index contributed by atoms with van der Waals surface area (Å²) in [6, 6.07) is 9.62. The Kier molecular flexibility index (Phi) is 8.91. The van der Waals surface area contributed by atoms with Gasteiger partial charge in [-0.1, -0.05) is 13.0 Å². The summed E-state index contributed by atoms with van der Waals surface area (Å²) in [6.07, 6.45) is 7.63. The number of benzene rings is 1. The van der Waals surface area contributed by atoms with Gasteiger partial charge in [-0.05, 0) is 87.3 Å². The second kappa shape index (κ2) is 11.9. The van der Waals surface area contributed by atoms with Crippen LogP contribution in [0, 0.1) is 12.8 Å². The molecule has 1 atom stereocenters. The number of hydrogen-bond donors (Lipinski definition) is 2. The zero-order valence-electron chi connectivity index (χ0n) is 19.6. The first kappa shape index (κ1) is 24.1. The highest BCUT2D eigenvalue weighted by atomic mass is 16.5. The molecule has 0 aliphatic carbocycles. The molecule has 1 fully saturated rings. The number of carbonyl (C=O) groups is 1. The fourth-order valence-corrected chi connectivity index (χ4v) is 4.15. The molecule has 1 saturated heterocycles. The van der Waals surface area contributed by atoms with Crippen LogP contribution in [0.5, 0.6) is 5.75 Å². The molecular formula is C26H37N3O3. The van der Waals surface area contributed by atoms with Gasteiger partial charge < -0.3 is 20.1 Å². The van der Waals surface area contributed by atoms with E-state index < -0.39 is 0 Å². The topological polar surface area (TPSA) is 74.7 Å². The van der Waals surface area contributed by atoms with Crippen molar-refractivity contribution in [1.29, 1.82) is 0 Å². The SMILES string of the molecule is CCc1ccc(N2CCC(CCCOc3ccc(C(=O)N[C@H](C)CO)c(C)c3)CC2)nc1. The number of aromatic nitrogens is 1. The number of piperidine rings is 1. The van der Waals surface area contributed by atoms with Gasteiger partial charge in [0.2, 0.25) is 0 Å². The molecule has 1 aliphatic heterocycles. The van der Waals surface area contributed by atoms with E-state index in [1.54, 1.807) is 13.0 Å². The minimum atomic E-state index is -0.262. The molecule has 174 valence electrons. The standard InChI is InChI=1S/C26H37N3O3/c1-4-21-7-10-25(27-17-21)29-13-11-22(12-14-29)6-5-15-32-23-8-9-24(19(2)16-23)26(31)28-20(3)18-30/h7-10,16-17,20,22,30H,4-6,11-15,18H2,1-3H3,(H,28,31)/t20-/m1/s1. The summed E-state index contributed by atoms with van der Waals surface area (Å²) >= 11 is 0. The summed E-state index contributed by atoms with van der Waals surface area (Å²) in [6.45, 7) is 8.59. The molecule has 2 aromatic rings. The highest BCUT2D eigenvalue weighted by Gasteiger charge is 2.20. The maximum atomic E-state index is 12.3. The lowest BCUT2D eigenvalue weighted by Gasteiger charge is -2.33. The van der Waals surface area contributed by atoms with Crippen LogP contribution in [-0.2, 0) is 6.42 Å². The lowest BCUT2D eigenvalue weighted by Crippen LogP contribution is -2.35. The second-order valence-electron chi connectivity index (χ2n) is 8.83. The second-order valence-corrected chi connectivity index (χ2v) is 8.83. The molecule has 1 amide bonds. The molecule has 6 nitrogen and oxygen atoms in total. The summed E-state index contributed by atoms with van der Waals surface area (Å²) in [5.41, 5.74) is 2.77. The van der Waals surface area contributed by atoms with Gasteiger partial charge in [-0.15, -0.1) is 0 Å². The predicted octanol–water partition coefficient (Wildman–Crippen LogP) is 4.14. The van der Waals surface area contributed by atoms with Gasteiger partial charge in [0.05, 0.1) is 13.2 Å². The van der Waals surface area contributed by atoms with Crippen molar-refractivity contribution in [3.63, 3.8) is 0 Å². The average Bonchev–Trinajstić information content (AvgIpc) is 2.82. The first-order chi connectivity index (χ1) is 15.5. The molecule has 0 spiro atoms. The van der Waals surface area contributed by atoms with Gasteiger partial charge in [-0.3, -0.25) is 4.79 Å². The molecule has 0 bridgehead atoms. The Morgan fingerprint density at radius 3 is 2.69 bits per heavy atom. The minimum Gasteiger partial charge on any atom is -0.494 e. The van der Waals surface area contributed by atoms with E-state index in [0.29, 0.717) is 12.2 Å². The molecule has 0 radical (unpaired) electrons. The number of aliphatic hydroxyl groups excluding tert-OH is 1. The zero-order chi connectivity index (χ0) is 22.9. The quantitative estimate of drug-likeness (QED) is 0.544. The largest absolute Gasteiger partial charge is 0.494 e. The number of nitrogens with zero attached hydrogens (tertiary/aromatic N) is 2. The Morgan fingerprint density at radius 1 is 1.28 bits per heavy atom. The van der Waals surface area contributed by atoms with Crippen LogP contribution in [0.1, 0.15) is 61.0 Å². The van der Waals surface area contributed by atoms with E-state index in [2.05, 4.69) is 34.3 Å². The molecule has 1 aromatic carbocycles. The van der Waals surface area contributed by atoms with E-state index in [9.17, 15) is 4.79 Å². The van der Waals surface area contributed by atoms with Gasteiger partial charge in [0.25, 0.3) is 5.91 Å². The lowest BCUT2D eigenvalue weighted by molar-refractivity contribution is 0.0921. The van der Waals surface area contributed by atoms with Crippen molar-refractivity contribution in [2.24, 2.45) is 5.92 Å². The van der Waals surface area contributed by atoms with Crippen molar-refractivity contribution in [3.05, 3.63) is 53.2 Å². The molecule has 32 heavy (non-hydrogen) atoms. The van der Waals surface area contributed by atoms with Gasteiger partial charge >= 0.3 is 0 Å². The Labute approximate surface area is 192 Å². The van der Waals surface area contributed by atoms with E-state index in [0.717, 1.165) is 49.0 Å². The first-order valence-electron chi connectivity index (χ1n) is 11.8. The number of anilines is 1. The van der Waals surface area contributed by atoms with E-state index >= 15 is 0 Å². The van der Waals surface area contributed by atoms with Crippen LogP contribution in [-0.4, -0.2) is 48.3 Å². The van der Waals surface area contributed by atoms with Crippen LogP contribution >= 0.6 is 0 Å². The third-order valence-electron chi connectivity index (χ3n) is 6.28. The van der Waals surface area contributed by atoms with Gasteiger partial charge in [0, 0.05) is 30.9 Å². The van der Waals surface area contributed by atoms with Crippen molar-refractivity contribution in [2.45, 2.75) is 58.9 Å². The van der Waals surface area contributed by atoms with Gasteiger partial charge in [-0.2, -0.15) is 0 Å². The van der Waals surface area contributed by atoms with Crippen molar-refractivity contribution in [2.75, 3.05) is 31.2 Å². The molecule has 0 saturated carbocycles. The summed E-state index contributed by atoms with van der Waals surface area (Å²) in [7, 11) is 0. The smallest absolute Gasteiger partial charge is 0.251 e. The van der Waals surface area contributed by atoms with Crippen LogP contribution in [0.25, 0.3) is 0 Å². The van der Waals surface area contributed by atoms with Gasteiger partial charge in [-0.25, -0.2) is 4.98 Å². The Morgan fingerprint density at radius 2 is 2.06 bits per heavy atom. The number of carbonyl (C=O) groups excluding carboxylic acids is 1. The highest BCUT2D eigenvalue weighted by molar-refractivity contribution is 5.95. The minimum absolute atomic E-state index is 0.0754. The number of nitrogens with one attached hydrogen (secondary N) is 1. The zero-order valence-corrected chi connectivity index (χ0v) is 19.6. The fraction of sp³-hybridized carbons (Fsp3) is 0.538. The van der Waals surface area contributed by atoms with Crippen molar-refractivity contribution < 1.29 is 14.6 Å². The molecule has 0 unspecified atom stereocenters. The lowest BCUT2D eigenvalue weighted by atomic mass is 9.92. The first-order valence-corrected chi connectivity index (χ1v) is 11.8. The molecular weight excluding hydrogens is 402 g/mol.